The quantitative estimate of drug-likeness (QED) is 0.551. The van der Waals surface area contributed by atoms with E-state index in [1.165, 1.54) is 33.0 Å². The number of benzene rings is 3. The van der Waals surface area contributed by atoms with Crippen LogP contribution in [0.5, 0.6) is 0 Å². The molecule has 2 nitrogen and oxygen atoms in total. The first-order chi connectivity index (χ1) is 13.5. The van der Waals surface area contributed by atoms with Gasteiger partial charge < -0.3 is 9.16 Å². The minimum absolute atomic E-state index is 0.269. The summed E-state index contributed by atoms with van der Waals surface area (Å²) >= 11 is 0. The highest BCUT2D eigenvalue weighted by molar-refractivity contribution is 6.84. The molecule has 0 saturated heterocycles. The van der Waals surface area contributed by atoms with Crippen LogP contribution in [0.3, 0.4) is 0 Å². The third-order valence-electron chi connectivity index (χ3n) is 6.04. The van der Waals surface area contributed by atoms with Crippen molar-refractivity contribution >= 4 is 13.5 Å². The second kappa shape index (κ2) is 7.32. The Morgan fingerprint density at radius 2 is 1.29 bits per heavy atom. The zero-order valence-corrected chi connectivity index (χ0v) is 18.2. The van der Waals surface area contributed by atoms with E-state index in [0.29, 0.717) is 13.2 Å². The van der Waals surface area contributed by atoms with Gasteiger partial charge in [-0.1, -0.05) is 72.8 Å². The molecule has 0 atom stereocenters. The van der Waals surface area contributed by atoms with Crippen molar-refractivity contribution in [3.63, 3.8) is 0 Å². The van der Waals surface area contributed by atoms with Crippen molar-refractivity contribution in [2.75, 3.05) is 20.3 Å². The Hall–Kier alpha value is -2.20. The molecule has 0 heterocycles. The van der Waals surface area contributed by atoms with E-state index < -0.39 is 8.32 Å². The number of methoxy groups -OCH3 is 1. The van der Waals surface area contributed by atoms with Crippen LogP contribution in [0, 0.1) is 6.92 Å². The first-order valence-corrected chi connectivity index (χ1v) is 12.8. The maximum Gasteiger partial charge on any atom is 0.218 e. The molecule has 0 aliphatic heterocycles. The number of aryl methyl sites for hydroxylation is 1. The van der Waals surface area contributed by atoms with E-state index in [-0.39, 0.29) is 5.41 Å². The summed E-state index contributed by atoms with van der Waals surface area (Å²) in [6.45, 7) is 8.01. The monoisotopic (exact) mass is 388 g/mol. The van der Waals surface area contributed by atoms with Crippen LogP contribution in [0.1, 0.15) is 16.7 Å². The molecule has 0 bridgehead atoms. The fraction of sp³-hybridized carbons (Fsp3) is 0.280. The predicted molar refractivity (Wildman–Crippen MR) is 119 cm³/mol. The van der Waals surface area contributed by atoms with E-state index in [2.05, 4.69) is 92.8 Å². The predicted octanol–water partition coefficient (Wildman–Crippen LogP) is 5.04. The molecule has 4 rings (SSSR count). The average Bonchev–Trinajstić information content (AvgIpc) is 2.98. The summed E-state index contributed by atoms with van der Waals surface area (Å²) in [5.41, 5.74) is 6.27. The standard InChI is InChI=1S/C25H28O2Si/c1-19-11-5-10-16-24(19)28(3,4)27-18-25(17-26-2)22-14-8-6-12-20(22)21-13-7-9-15-23(21)25/h5-16H,17-18H2,1-4H3. The van der Waals surface area contributed by atoms with Crippen molar-refractivity contribution in [2.24, 2.45) is 0 Å². The number of hydrogen-bond donors (Lipinski definition) is 0. The molecule has 3 aromatic rings. The number of ether oxygens (including phenoxy) is 1. The highest BCUT2D eigenvalue weighted by atomic mass is 28.4. The van der Waals surface area contributed by atoms with Gasteiger partial charge in [-0.15, -0.1) is 0 Å². The summed E-state index contributed by atoms with van der Waals surface area (Å²) < 4.78 is 12.6. The average molecular weight is 389 g/mol. The molecule has 0 fully saturated rings. The van der Waals surface area contributed by atoms with Gasteiger partial charge in [0.2, 0.25) is 8.32 Å². The molecule has 0 radical (unpaired) electrons. The molecule has 0 unspecified atom stereocenters. The van der Waals surface area contributed by atoms with Crippen molar-refractivity contribution in [3.8, 4) is 11.1 Å². The SMILES string of the molecule is COCC1(CO[Si](C)(C)c2ccccc2C)c2ccccc2-c2ccccc21. The topological polar surface area (TPSA) is 18.5 Å². The molecule has 1 aliphatic carbocycles. The Kier molecular flexibility index (Phi) is 5.00. The van der Waals surface area contributed by atoms with Crippen molar-refractivity contribution in [1.29, 1.82) is 0 Å². The van der Waals surface area contributed by atoms with Gasteiger partial charge in [0.25, 0.3) is 0 Å². The first kappa shape index (κ1) is 19.1. The maximum absolute atomic E-state index is 6.81. The second-order valence-electron chi connectivity index (χ2n) is 8.22. The summed E-state index contributed by atoms with van der Waals surface area (Å²) in [5, 5.41) is 1.36. The third-order valence-corrected chi connectivity index (χ3v) is 8.76. The van der Waals surface area contributed by atoms with E-state index in [1.54, 1.807) is 7.11 Å². The van der Waals surface area contributed by atoms with Gasteiger partial charge in [-0.2, -0.15) is 0 Å². The number of rotatable bonds is 6. The van der Waals surface area contributed by atoms with Gasteiger partial charge in [0.15, 0.2) is 0 Å². The van der Waals surface area contributed by atoms with Gasteiger partial charge in [-0.25, -0.2) is 0 Å². The van der Waals surface area contributed by atoms with Gasteiger partial charge in [0.05, 0.1) is 18.6 Å². The molecule has 1 aliphatic rings. The van der Waals surface area contributed by atoms with E-state index in [0.717, 1.165) is 0 Å². The van der Waals surface area contributed by atoms with Gasteiger partial charge in [-0.3, -0.25) is 0 Å². The summed E-state index contributed by atoms with van der Waals surface area (Å²) in [4.78, 5) is 0. The van der Waals surface area contributed by atoms with E-state index in [1.807, 2.05) is 0 Å². The molecule has 144 valence electrons. The molecule has 0 aromatic heterocycles. The summed E-state index contributed by atoms with van der Waals surface area (Å²) in [6, 6.07) is 26.0. The highest BCUT2D eigenvalue weighted by Gasteiger charge is 2.45. The van der Waals surface area contributed by atoms with Crippen molar-refractivity contribution in [1.82, 2.24) is 0 Å². The van der Waals surface area contributed by atoms with Gasteiger partial charge in [0, 0.05) is 7.11 Å². The van der Waals surface area contributed by atoms with Crippen LogP contribution in [-0.2, 0) is 14.6 Å². The Labute approximate surface area is 169 Å². The lowest BCUT2D eigenvalue weighted by Crippen LogP contribution is -2.50. The largest absolute Gasteiger partial charge is 0.412 e. The molecule has 0 spiro atoms. The number of hydrogen-bond acceptors (Lipinski definition) is 2. The Morgan fingerprint density at radius 1 is 0.750 bits per heavy atom. The molecule has 3 aromatic carbocycles. The van der Waals surface area contributed by atoms with Crippen molar-refractivity contribution < 1.29 is 9.16 Å². The normalized spacial score (nSPS) is 14.6. The van der Waals surface area contributed by atoms with Crippen LogP contribution in [0.25, 0.3) is 11.1 Å². The first-order valence-electron chi connectivity index (χ1n) is 9.88. The molecule has 28 heavy (non-hydrogen) atoms. The van der Waals surface area contributed by atoms with E-state index in [4.69, 9.17) is 9.16 Å². The summed E-state index contributed by atoms with van der Waals surface area (Å²) in [5.74, 6) is 0. The van der Waals surface area contributed by atoms with E-state index >= 15 is 0 Å². The molecule has 3 heteroatoms. The third kappa shape index (κ3) is 3.04. The van der Waals surface area contributed by atoms with Crippen LogP contribution < -0.4 is 5.19 Å². The molecule has 0 N–H and O–H groups in total. The summed E-state index contributed by atoms with van der Waals surface area (Å²) in [7, 11) is -0.279. The zero-order valence-electron chi connectivity index (χ0n) is 17.2. The zero-order chi connectivity index (χ0) is 19.8. The van der Waals surface area contributed by atoms with E-state index in [9.17, 15) is 0 Å². The van der Waals surface area contributed by atoms with Gasteiger partial charge in [-0.05, 0) is 53.0 Å². The second-order valence-corrected chi connectivity index (χ2v) is 12.1. The lowest BCUT2D eigenvalue weighted by Gasteiger charge is -2.35. The Bertz CT molecular complexity index is 948. The number of fused-ring (bicyclic) bond motifs is 3. The fourth-order valence-electron chi connectivity index (χ4n) is 4.64. The van der Waals surface area contributed by atoms with Crippen LogP contribution >= 0.6 is 0 Å². The van der Waals surface area contributed by atoms with Crippen LogP contribution in [0.2, 0.25) is 13.1 Å². The Balaban J connectivity index is 1.77. The van der Waals surface area contributed by atoms with Crippen LogP contribution in [0.15, 0.2) is 72.8 Å². The molecule has 0 saturated carbocycles. The minimum Gasteiger partial charge on any atom is -0.412 e. The smallest absolute Gasteiger partial charge is 0.218 e. The maximum atomic E-state index is 6.81. The van der Waals surface area contributed by atoms with Crippen LogP contribution in [0.4, 0.5) is 0 Å². The fourth-order valence-corrected chi connectivity index (χ4v) is 6.94. The lowest BCUT2D eigenvalue weighted by molar-refractivity contribution is 0.113. The van der Waals surface area contributed by atoms with Gasteiger partial charge >= 0.3 is 0 Å². The van der Waals surface area contributed by atoms with Crippen molar-refractivity contribution in [3.05, 3.63) is 89.5 Å². The molecular formula is C25H28O2Si. The minimum atomic E-state index is -2.07. The summed E-state index contributed by atoms with van der Waals surface area (Å²) in [6.07, 6.45) is 0. The van der Waals surface area contributed by atoms with Crippen LogP contribution in [-0.4, -0.2) is 28.6 Å². The molecular weight excluding hydrogens is 360 g/mol. The van der Waals surface area contributed by atoms with Gasteiger partial charge in [0.1, 0.15) is 0 Å². The highest BCUT2D eigenvalue weighted by Crippen LogP contribution is 2.49. The lowest BCUT2D eigenvalue weighted by atomic mass is 9.80. The van der Waals surface area contributed by atoms with Crippen molar-refractivity contribution in [2.45, 2.75) is 25.4 Å². The molecule has 0 amide bonds. The Morgan fingerprint density at radius 3 is 1.86 bits per heavy atom.